The Morgan fingerprint density at radius 1 is 0.600 bits per heavy atom. The Hall–Kier alpha value is -2.48. The van der Waals surface area contributed by atoms with Crippen LogP contribution in [0.5, 0.6) is 0 Å². The molecule has 2 heteroatoms. The highest BCUT2D eigenvalue weighted by atomic mass is 14.8. The summed E-state index contributed by atoms with van der Waals surface area (Å²) in [5, 5.41) is 0. The first-order valence-corrected chi connectivity index (χ1v) is 6.78. The van der Waals surface area contributed by atoms with Crippen molar-refractivity contribution in [3.63, 3.8) is 0 Å². The highest BCUT2D eigenvalue weighted by Crippen LogP contribution is 2.10. The van der Waals surface area contributed by atoms with E-state index >= 15 is 0 Å². The van der Waals surface area contributed by atoms with Crippen LogP contribution in [0.1, 0.15) is 22.5 Å². The van der Waals surface area contributed by atoms with Crippen molar-refractivity contribution < 1.29 is 0 Å². The number of rotatable bonds is 4. The molecule has 0 amide bonds. The van der Waals surface area contributed by atoms with Gasteiger partial charge in [-0.05, 0) is 17.2 Å². The smallest absolute Gasteiger partial charge is 0.115 e. The molecule has 1 aromatic heterocycles. The van der Waals surface area contributed by atoms with Gasteiger partial charge in [-0.3, -0.25) is 0 Å². The van der Waals surface area contributed by atoms with E-state index < -0.39 is 0 Å². The minimum Gasteiger partial charge on any atom is -0.241 e. The predicted octanol–water partition coefficient (Wildman–Crippen LogP) is 3.66. The summed E-state index contributed by atoms with van der Waals surface area (Å²) >= 11 is 0. The summed E-state index contributed by atoms with van der Waals surface area (Å²) in [5.41, 5.74) is 4.68. The number of aromatic nitrogens is 2. The molecule has 0 saturated heterocycles. The fourth-order valence-corrected chi connectivity index (χ4v) is 2.25. The molecular formula is C18H16N2. The molecule has 0 bridgehead atoms. The van der Waals surface area contributed by atoms with Gasteiger partial charge in [-0.15, -0.1) is 0 Å². The zero-order chi connectivity index (χ0) is 13.6. The molecule has 0 aliphatic carbocycles. The first-order valence-electron chi connectivity index (χ1n) is 6.78. The van der Waals surface area contributed by atoms with Crippen LogP contribution in [0, 0.1) is 0 Å². The maximum absolute atomic E-state index is 4.37. The lowest BCUT2D eigenvalue weighted by Gasteiger charge is -2.04. The third-order valence-electron chi connectivity index (χ3n) is 3.24. The van der Waals surface area contributed by atoms with Crippen LogP contribution in [0.3, 0.4) is 0 Å². The molecule has 0 aliphatic heterocycles. The van der Waals surface area contributed by atoms with E-state index in [1.807, 2.05) is 12.1 Å². The van der Waals surface area contributed by atoms with E-state index in [-0.39, 0.29) is 0 Å². The molecule has 2 aromatic carbocycles. The number of hydrogen-bond acceptors (Lipinski definition) is 2. The van der Waals surface area contributed by atoms with Gasteiger partial charge < -0.3 is 0 Å². The van der Waals surface area contributed by atoms with Crippen LogP contribution in [0.2, 0.25) is 0 Å². The molecule has 98 valence electrons. The number of hydrogen-bond donors (Lipinski definition) is 0. The third kappa shape index (κ3) is 3.29. The molecule has 1 heterocycles. The van der Waals surface area contributed by atoms with E-state index in [0.29, 0.717) is 0 Å². The first kappa shape index (κ1) is 12.5. The van der Waals surface area contributed by atoms with Gasteiger partial charge in [-0.25, -0.2) is 9.97 Å². The van der Waals surface area contributed by atoms with Crippen molar-refractivity contribution >= 4 is 0 Å². The topological polar surface area (TPSA) is 25.8 Å². The average molecular weight is 260 g/mol. The van der Waals surface area contributed by atoms with E-state index in [1.54, 1.807) is 6.33 Å². The molecule has 2 nitrogen and oxygen atoms in total. The van der Waals surface area contributed by atoms with Crippen LogP contribution in [0.4, 0.5) is 0 Å². The van der Waals surface area contributed by atoms with Gasteiger partial charge in [0.25, 0.3) is 0 Å². The Balaban J connectivity index is 1.76. The van der Waals surface area contributed by atoms with Gasteiger partial charge in [0.15, 0.2) is 0 Å². The van der Waals surface area contributed by atoms with E-state index in [9.17, 15) is 0 Å². The van der Waals surface area contributed by atoms with Crippen LogP contribution < -0.4 is 0 Å². The van der Waals surface area contributed by atoms with Gasteiger partial charge in [-0.2, -0.15) is 0 Å². The molecule has 0 atom stereocenters. The Morgan fingerprint density at radius 3 is 1.50 bits per heavy atom. The fraction of sp³-hybridized carbons (Fsp3) is 0.111. The molecular weight excluding hydrogens is 244 g/mol. The van der Waals surface area contributed by atoms with E-state index in [0.717, 1.165) is 24.2 Å². The Labute approximate surface area is 119 Å². The van der Waals surface area contributed by atoms with Gasteiger partial charge in [0, 0.05) is 24.2 Å². The monoisotopic (exact) mass is 260 g/mol. The summed E-state index contributed by atoms with van der Waals surface area (Å²) in [5.74, 6) is 0. The molecule has 0 unspecified atom stereocenters. The molecule has 0 fully saturated rings. The largest absolute Gasteiger partial charge is 0.241 e. The van der Waals surface area contributed by atoms with Crippen LogP contribution in [0.25, 0.3) is 0 Å². The van der Waals surface area contributed by atoms with Crippen molar-refractivity contribution in [2.75, 3.05) is 0 Å². The highest BCUT2D eigenvalue weighted by Gasteiger charge is 2.02. The third-order valence-corrected chi connectivity index (χ3v) is 3.24. The fourth-order valence-electron chi connectivity index (χ4n) is 2.25. The second kappa shape index (κ2) is 6.11. The molecule has 3 rings (SSSR count). The Bertz CT molecular complexity index is 607. The lowest BCUT2D eigenvalue weighted by molar-refractivity contribution is 0.965. The maximum atomic E-state index is 4.37. The molecule has 20 heavy (non-hydrogen) atoms. The first-order chi connectivity index (χ1) is 9.90. The second-order valence-corrected chi connectivity index (χ2v) is 4.83. The molecule has 0 spiro atoms. The van der Waals surface area contributed by atoms with Gasteiger partial charge in [0.1, 0.15) is 6.33 Å². The summed E-state index contributed by atoms with van der Waals surface area (Å²) in [6, 6.07) is 22.9. The van der Waals surface area contributed by atoms with Crippen LogP contribution in [-0.2, 0) is 12.8 Å². The zero-order valence-corrected chi connectivity index (χ0v) is 11.2. The van der Waals surface area contributed by atoms with Crippen molar-refractivity contribution in [1.29, 1.82) is 0 Å². The SMILES string of the molecule is c1ccc(Cc2cc(Cc3ccccc3)ncn2)cc1. The maximum Gasteiger partial charge on any atom is 0.115 e. The van der Waals surface area contributed by atoms with Gasteiger partial charge in [0.05, 0.1) is 0 Å². The molecule has 0 aliphatic rings. The van der Waals surface area contributed by atoms with Crippen molar-refractivity contribution in [3.8, 4) is 0 Å². The van der Waals surface area contributed by atoms with Crippen LogP contribution >= 0.6 is 0 Å². The Kier molecular flexibility index (Phi) is 3.83. The van der Waals surface area contributed by atoms with Gasteiger partial charge in [-0.1, -0.05) is 60.7 Å². The summed E-state index contributed by atoms with van der Waals surface area (Å²) in [4.78, 5) is 8.73. The van der Waals surface area contributed by atoms with Crippen molar-refractivity contribution in [2.24, 2.45) is 0 Å². The zero-order valence-electron chi connectivity index (χ0n) is 11.2. The van der Waals surface area contributed by atoms with E-state index in [4.69, 9.17) is 0 Å². The average Bonchev–Trinajstić information content (AvgIpc) is 2.50. The second-order valence-electron chi connectivity index (χ2n) is 4.83. The summed E-state index contributed by atoms with van der Waals surface area (Å²) in [6.45, 7) is 0. The number of nitrogens with zero attached hydrogens (tertiary/aromatic N) is 2. The predicted molar refractivity (Wildman–Crippen MR) is 80.5 cm³/mol. The molecule has 0 N–H and O–H groups in total. The minimum absolute atomic E-state index is 0.852. The minimum atomic E-state index is 0.852. The van der Waals surface area contributed by atoms with Crippen molar-refractivity contribution in [3.05, 3.63) is 95.6 Å². The van der Waals surface area contributed by atoms with Gasteiger partial charge in [0.2, 0.25) is 0 Å². The summed E-state index contributed by atoms with van der Waals surface area (Å²) in [7, 11) is 0. The molecule has 0 saturated carbocycles. The standard InChI is InChI=1S/C18H16N2/c1-3-7-15(8-4-1)11-17-13-18(20-14-19-17)12-16-9-5-2-6-10-16/h1-10,13-14H,11-12H2. The van der Waals surface area contributed by atoms with E-state index in [2.05, 4.69) is 64.6 Å². The van der Waals surface area contributed by atoms with Crippen LogP contribution in [-0.4, -0.2) is 9.97 Å². The van der Waals surface area contributed by atoms with Crippen molar-refractivity contribution in [1.82, 2.24) is 9.97 Å². The quantitative estimate of drug-likeness (QED) is 0.715. The lowest BCUT2D eigenvalue weighted by Crippen LogP contribution is -1.98. The lowest BCUT2D eigenvalue weighted by atomic mass is 10.1. The summed E-state index contributed by atoms with van der Waals surface area (Å²) < 4.78 is 0. The molecule has 0 radical (unpaired) electrons. The Morgan fingerprint density at radius 2 is 1.05 bits per heavy atom. The molecule has 3 aromatic rings. The summed E-state index contributed by atoms with van der Waals surface area (Å²) in [6.07, 6.45) is 3.37. The van der Waals surface area contributed by atoms with Crippen molar-refractivity contribution in [2.45, 2.75) is 12.8 Å². The van der Waals surface area contributed by atoms with E-state index in [1.165, 1.54) is 11.1 Å². The van der Waals surface area contributed by atoms with Gasteiger partial charge >= 0.3 is 0 Å². The normalized spacial score (nSPS) is 10.4. The van der Waals surface area contributed by atoms with Crippen LogP contribution in [0.15, 0.2) is 73.1 Å². The number of benzene rings is 2. The highest BCUT2D eigenvalue weighted by molar-refractivity contribution is 5.25.